The SMILES string of the molecule is CC(C)(C)c1csc(Cn2cnc(Cl)c(Cl)c2=O)n1. The predicted molar refractivity (Wildman–Crippen MR) is 78.4 cm³/mol. The van der Waals surface area contributed by atoms with Gasteiger partial charge in [0.15, 0.2) is 5.15 Å². The average Bonchev–Trinajstić information content (AvgIpc) is 2.78. The second-order valence-corrected chi connectivity index (χ2v) is 6.84. The standard InChI is InChI=1S/C12H13Cl2N3OS/c1-12(2,3)7-5-19-8(16-7)4-17-6-15-10(14)9(13)11(17)18/h5-6H,4H2,1-3H3. The highest BCUT2D eigenvalue weighted by Crippen LogP contribution is 2.24. The van der Waals surface area contributed by atoms with E-state index in [1.54, 1.807) is 0 Å². The molecule has 2 aromatic heterocycles. The van der Waals surface area contributed by atoms with Crippen LogP contribution < -0.4 is 5.56 Å². The van der Waals surface area contributed by atoms with E-state index in [-0.39, 0.29) is 21.2 Å². The van der Waals surface area contributed by atoms with E-state index in [4.69, 9.17) is 23.2 Å². The largest absolute Gasteiger partial charge is 0.291 e. The van der Waals surface area contributed by atoms with Crippen molar-refractivity contribution in [3.63, 3.8) is 0 Å². The smallest absolute Gasteiger partial charge is 0.274 e. The summed E-state index contributed by atoms with van der Waals surface area (Å²) in [5, 5.41) is 2.81. The van der Waals surface area contributed by atoms with Gasteiger partial charge in [0.2, 0.25) is 0 Å². The lowest BCUT2D eigenvalue weighted by atomic mass is 9.93. The Morgan fingerprint density at radius 1 is 1.37 bits per heavy atom. The second-order valence-electron chi connectivity index (χ2n) is 5.16. The molecule has 0 radical (unpaired) electrons. The van der Waals surface area contributed by atoms with Crippen LogP contribution in [0.1, 0.15) is 31.5 Å². The van der Waals surface area contributed by atoms with E-state index in [1.807, 2.05) is 5.38 Å². The minimum Gasteiger partial charge on any atom is -0.291 e. The first-order valence-corrected chi connectivity index (χ1v) is 7.28. The Kier molecular flexibility index (Phi) is 3.99. The highest BCUT2D eigenvalue weighted by atomic mass is 35.5. The summed E-state index contributed by atoms with van der Waals surface area (Å²) >= 11 is 13.0. The molecule has 2 rings (SSSR count). The maximum absolute atomic E-state index is 11.9. The average molecular weight is 318 g/mol. The Balaban J connectivity index is 2.30. The maximum Gasteiger partial charge on any atom is 0.274 e. The number of thiazole rings is 1. The van der Waals surface area contributed by atoms with Crippen LogP contribution in [0.5, 0.6) is 0 Å². The number of rotatable bonds is 2. The van der Waals surface area contributed by atoms with Crippen molar-refractivity contribution in [2.75, 3.05) is 0 Å². The fourth-order valence-corrected chi connectivity index (χ4v) is 2.73. The van der Waals surface area contributed by atoms with Gasteiger partial charge in [-0.05, 0) is 0 Å². The Hall–Kier alpha value is -0.910. The molecule has 0 aliphatic heterocycles. The highest BCUT2D eigenvalue weighted by Gasteiger charge is 2.18. The number of hydrogen-bond donors (Lipinski definition) is 0. The van der Waals surface area contributed by atoms with Gasteiger partial charge in [-0.2, -0.15) is 0 Å². The van der Waals surface area contributed by atoms with E-state index in [9.17, 15) is 4.79 Å². The monoisotopic (exact) mass is 317 g/mol. The van der Waals surface area contributed by atoms with E-state index >= 15 is 0 Å². The molecule has 102 valence electrons. The summed E-state index contributed by atoms with van der Waals surface area (Å²) in [5.74, 6) is 0. The van der Waals surface area contributed by atoms with Crippen LogP contribution in [0, 0.1) is 0 Å². The number of aromatic nitrogens is 3. The first kappa shape index (κ1) is 14.5. The van der Waals surface area contributed by atoms with Crippen LogP contribution >= 0.6 is 34.5 Å². The first-order chi connectivity index (χ1) is 8.79. The van der Waals surface area contributed by atoms with Crippen LogP contribution in [0.25, 0.3) is 0 Å². The van der Waals surface area contributed by atoms with Crippen molar-refractivity contribution >= 4 is 34.5 Å². The summed E-state index contributed by atoms with van der Waals surface area (Å²) in [5.41, 5.74) is 0.651. The Bertz CT molecular complexity index is 658. The minimum absolute atomic E-state index is 0.00436. The summed E-state index contributed by atoms with van der Waals surface area (Å²) < 4.78 is 1.40. The van der Waals surface area contributed by atoms with Gasteiger partial charge in [-0.25, -0.2) is 9.97 Å². The van der Waals surface area contributed by atoms with Gasteiger partial charge in [-0.3, -0.25) is 9.36 Å². The molecule has 0 unspecified atom stereocenters. The molecule has 2 aromatic rings. The van der Waals surface area contributed by atoms with Crippen LogP contribution in [0.15, 0.2) is 16.5 Å². The zero-order chi connectivity index (χ0) is 14.2. The summed E-state index contributed by atoms with van der Waals surface area (Å²) in [6, 6.07) is 0. The molecule has 0 aromatic carbocycles. The fraction of sp³-hybridized carbons (Fsp3) is 0.417. The predicted octanol–water partition coefficient (Wildman–Crippen LogP) is 3.35. The fourth-order valence-electron chi connectivity index (χ4n) is 1.43. The van der Waals surface area contributed by atoms with Crippen molar-refractivity contribution in [1.82, 2.24) is 14.5 Å². The van der Waals surface area contributed by atoms with E-state index in [1.165, 1.54) is 22.2 Å². The van der Waals surface area contributed by atoms with Crippen molar-refractivity contribution in [3.8, 4) is 0 Å². The minimum atomic E-state index is -0.353. The molecule has 19 heavy (non-hydrogen) atoms. The molecule has 4 nitrogen and oxygen atoms in total. The van der Waals surface area contributed by atoms with Crippen molar-refractivity contribution in [2.24, 2.45) is 0 Å². The Morgan fingerprint density at radius 3 is 2.63 bits per heavy atom. The number of hydrogen-bond acceptors (Lipinski definition) is 4. The van der Waals surface area contributed by atoms with E-state index < -0.39 is 0 Å². The van der Waals surface area contributed by atoms with Crippen molar-refractivity contribution in [2.45, 2.75) is 32.7 Å². The van der Waals surface area contributed by atoms with E-state index in [0.717, 1.165) is 10.7 Å². The van der Waals surface area contributed by atoms with Crippen LogP contribution in [-0.4, -0.2) is 14.5 Å². The van der Waals surface area contributed by atoms with Crippen molar-refractivity contribution < 1.29 is 0 Å². The number of nitrogens with zero attached hydrogens (tertiary/aromatic N) is 3. The lowest BCUT2D eigenvalue weighted by Gasteiger charge is -2.14. The maximum atomic E-state index is 11.9. The molecular formula is C12H13Cl2N3OS. The molecular weight excluding hydrogens is 305 g/mol. The summed E-state index contributed by atoms with van der Waals surface area (Å²) in [6.07, 6.45) is 1.38. The lowest BCUT2D eigenvalue weighted by molar-refractivity contribution is 0.569. The summed E-state index contributed by atoms with van der Waals surface area (Å²) in [6.45, 7) is 6.64. The molecule has 0 aliphatic carbocycles. The molecule has 0 fully saturated rings. The molecule has 0 saturated heterocycles. The molecule has 7 heteroatoms. The van der Waals surface area contributed by atoms with E-state index in [0.29, 0.717) is 6.54 Å². The van der Waals surface area contributed by atoms with Gasteiger partial charge in [-0.15, -0.1) is 11.3 Å². The van der Waals surface area contributed by atoms with E-state index in [2.05, 4.69) is 30.7 Å². The van der Waals surface area contributed by atoms with Crippen molar-refractivity contribution in [3.05, 3.63) is 42.9 Å². The quantitative estimate of drug-likeness (QED) is 0.798. The molecule has 0 amide bonds. The Labute approximate surface area is 125 Å². The second kappa shape index (κ2) is 5.23. The molecule has 0 spiro atoms. The molecule has 0 saturated carbocycles. The number of halogens is 2. The molecule has 2 heterocycles. The topological polar surface area (TPSA) is 47.8 Å². The highest BCUT2D eigenvalue weighted by molar-refractivity contribution is 7.09. The summed E-state index contributed by atoms with van der Waals surface area (Å²) in [4.78, 5) is 20.3. The van der Waals surface area contributed by atoms with Gasteiger partial charge in [0.1, 0.15) is 10.0 Å². The Morgan fingerprint density at radius 2 is 2.05 bits per heavy atom. The third kappa shape index (κ3) is 3.16. The van der Waals surface area contributed by atoms with Gasteiger partial charge in [0.05, 0.1) is 18.6 Å². The van der Waals surface area contributed by atoms with Gasteiger partial charge in [0, 0.05) is 10.8 Å². The molecule has 0 N–H and O–H groups in total. The lowest BCUT2D eigenvalue weighted by Crippen LogP contribution is -2.21. The normalized spacial score (nSPS) is 11.8. The molecule has 0 bridgehead atoms. The zero-order valence-corrected chi connectivity index (χ0v) is 13.1. The summed E-state index contributed by atoms with van der Waals surface area (Å²) in [7, 11) is 0. The van der Waals surface area contributed by atoms with Crippen LogP contribution in [0.3, 0.4) is 0 Å². The van der Waals surface area contributed by atoms with Crippen LogP contribution in [0.4, 0.5) is 0 Å². The van der Waals surface area contributed by atoms with Gasteiger partial charge < -0.3 is 0 Å². The third-order valence-corrected chi connectivity index (χ3v) is 4.12. The van der Waals surface area contributed by atoms with Gasteiger partial charge in [-0.1, -0.05) is 44.0 Å². The van der Waals surface area contributed by atoms with Crippen LogP contribution in [-0.2, 0) is 12.0 Å². The van der Waals surface area contributed by atoms with Crippen LogP contribution in [0.2, 0.25) is 10.2 Å². The van der Waals surface area contributed by atoms with Gasteiger partial charge >= 0.3 is 0 Å². The molecule has 0 atom stereocenters. The third-order valence-electron chi connectivity index (χ3n) is 2.57. The zero-order valence-electron chi connectivity index (χ0n) is 10.8. The van der Waals surface area contributed by atoms with Crippen molar-refractivity contribution in [1.29, 1.82) is 0 Å². The molecule has 0 aliphatic rings. The van der Waals surface area contributed by atoms with Gasteiger partial charge in [0.25, 0.3) is 5.56 Å². The first-order valence-electron chi connectivity index (χ1n) is 5.64.